The number of carbonyl (C=O) groups excluding carboxylic acids is 2. The van der Waals surface area contributed by atoms with Crippen LogP contribution in [0.4, 0.5) is 0 Å². The molecule has 2 unspecified atom stereocenters. The van der Waals surface area contributed by atoms with Crippen LogP contribution in [0.2, 0.25) is 0 Å². The van der Waals surface area contributed by atoms with Crippen molar-refractivity contribution in [3.63, 3.8) is 0 Å². The SMILES string of the molecule is CC1CCC(C(=O)NCCC(=O)N(C)C)CN1. The van der Waals surface area contributed by atoms with Gasteiger partial charge >= 0.3 is 0 Å². The van der Waals surface area contributed by atoms with E-state index in [1.807, 2.05) is 0 Å². The maximum absolute atomic E-state index is 11.8. The lowest BCUT2D eigenvalue weighted by Crippen LogP contribution is -2.44. The molecule has 2 atom stereocenters. The first-order valence-electron chi connectivity index (χ1n) is 6.22. The lowest BCUT2D eigenvalue weighted by atomic mass is 9.95. The van der Waals surface area contributed by atoms with Crippen LogP contribution in [0.3, 0.4) is 0 Å². The van der Waals surface area contributed by atoms with Gasteiger partial charge < -0.3 is 15.5 Å². The monoisotopic (exact) mass is 241 g/mol. The van der Waals surface area contributed by atoms with Crippen molar-refractivity contribution in [1.29, 1.82) is 0 Å². The summed E-state index contributed by atoms with van der Waals surface area (Å²) in [5.74, 6) is 0.164. The molecule has 0 spiro atoms. The Balaban J connectivity index is 2.19. The Morgan fingerprint density at radius 1 is 1.35 bits per heavy atom. The molecule has 5 nitrogen and oxygen atoms in total. The van der Waals surface area contributed by atoms with Gasteiger partial charge in [-0.2, -0.15) is 0 Å². The summed E-state index contributed by atoms with van der Waals surface area (Å²) in [6.07, 6.45) is 2.34. The van der Waals surface area contributed by atoms with Crippen molar-refractivity contribution >= 4 is 11.8 Å². The molecule has 2 amide bonds. The minimum absolute atomic E-state index is 0.0423. The van der Waals surface area contributed by atoms with Crippen LogP contribution in [0.1, 0.15) is 26.2 Å². The highest BCUT2D eigenvalue weighted by Crippen LogP contribution is 2.13. The molecular weight excluding hydrogens is 218 g/mol. The standard InChI is InChI=1S/C12H23N3O2/c1-9-4-5-10(8-14-9)12(17)13-7-6-11(16)15(2)3/h9-10,14H,4-8H2,1-3H3,(H,13,17). The second-order valence-corrected chi connectivity index (χ2v) is 4.91. The van der Waals surface area contributed by atoms with Crippen LogP contribution in [0.15, 0.2) is 0 Å². The Bertz CT molecular complexity index is 271. The van der Waals surface area contributed by atoms with Crippen LogP contribution in [0.25, 0.3) is 0 Å². The van der Waals surface area contributed by atoms with Gasteiger partial charge in [-0.3, -0.25) is 9.59 Å². The zero-order valence-corrected chi connectivity index (χ0v) is 11.0. The summed E-state index contributed by atoms with van der Waals surface area (Å²) in [6, 6.07) is 0.509. The third-order valence-corrected chi connectivity index (χ3v) is 3.17. The summed E-state index contributed by atoms with van der Waals surface area (Å²) in [7, 11) is 3.44. The molecule has 1 aliphatic rings. The molecule has 2 N–H and O–H groups in total. The quantitative estimate of drug-likeness (QED) is 0.726. The Morgan fingerprint density at radius 2 is 2.06 bits per heavy atom. The lowest BCUT2D eigenvalue weighted by Gasteiger charge is -2.26. The van der Waals surface area contributed by atoms with Crippen molar-refractivity contribution in [1.82, 2.24) is 15.5 Å². The van der Waals surface area contributed by atoms with Crippen molar-refractivity contribution in [2.75, 3.05) is 27.2 Å². The van der Waals surface area contributed by atoms with E-state index in [-0.39, 0.29) is 17.7 Å². The van der Waals surface area contributed by atoms with E-state index in [1.165, 1.54) is 4.90 Å². The van der Waals surface area contributed by atoms with Crippen molar-refractivity contribution in [3.8, 4) is 0 Å². The predicted octanol–water partition coefficient (Wildman–Crippen LogP) is -0.0310. The highest BCUT2D eigenvalue weighted by atomic mass is 16.2. The van der Waals surface area contributed by atoms with E-state index in [1.54, 1.807) is 14.1 Å². The molecule has 1 rings (SSSR count). The zero-order chi connectivity index (χ0) is 12.8. The van der Waals surface area contributed by atoms with Crippen LogP contribution >= 0.6 is 0 Å². The summed E-state index contributed by atoms with van der Waals surface area (Å²) in [5.41, 5.74) is 0. The minimum atomic E-state index is 0.0423. The number of nitrogens with zero attached hydrogens (tertiary/aromatic N) is 1. The van der Waals surface area contributed by atoms with Gasteiger partial charge in [0.25, 0.3) is 0 Å². The molecule has 1 aliphatic heterocycles. The molecule has 0 aliphatic carbocycles. The summed E-state index contributed by atoms with van der Waals surface area (Å²) in [6.45, 7) is 3.31. The molecule has 17 heavy (non-hydrogen) atoms. The number of amides is 2. The van der Waals surface area contributed by atoms with Crippen LogP contribution in [-0.4, -0.2) is 49.9 Å². The fraction of sp³-hybridized carbons (Fsp3) is 0.833. The number of nitrogens with one attached hydrogen (secondary N) is 2. The lowest BCUT2D eigenvalue weighted by molar-refractivity contribution is -0.129. The fourth-order valence-electron chi connectivity index (χ4n) is 1.88. The number of hydrogen-bond donors (Lipinski definition) is 2. The van der Waals surface area contributed by atoms with Gasteiger partial charge in [-0.25, -0.2) is 0 Å². The smallest absolute Gasteiger partial charge is 0.224 e. The summed E-state index contributed by atoms with van der Waals surface area (Å²) in [5, 5.41) is 6.12. The van der Waals surface area contributed by atoms with Gasteiger partial charge in [0, 0.05) is 39.6 Å². The molecule has 1 heterocycles. The van der Waals surface area contributed by atoms with Crippen molar-refractivity contribution < 1.29 is 9.59 Å². The van der Waals surface area contributed by atoms with Crippen molar-refractivity contribution in [2.24, 2.45) is 5.92 Å². The summed E-state index contributed by atoms with van der Waals surface area (Å²) < 4.78 is 0. The number of rotatable bonds is 4. The fourth-order valence-corrected chi connectivity index (χ4v) is 1.88. The predicted molar refractivity (Wildman–Crippen MR) is 66.5 cm³/mol. The average molecular weight is 241 g/mol. The van der Waals surface area contributed by atoms with Gasteiger partial charge in [-0.05, 0) is 19.8 Å². The third-order valence-electron chi connectivity index (χ3n) is 3.17. The highest BCUT2D eigenvalue weighted by Gasteiger charge is 2.23. The Morgan fingerprint density at radius 3 is 2.59 bits per heavy atom. The van der Waals surface area contributed by atoms with Crippen LogP contribution < -0.4 is 10.6 Å². The molecule has 98 valence electrons. The number of carbonyl (C=O) groups is 2. The first-order valence-corrected chi connectivity index (χ1v) is 6.22. The van der Waals surface area contributed by atoms with Crippen LogP contribution in [0, 0.1) is 5.92 Å². The Labute approximate surface area is 103 Å². The van der Waals surface area contributed by atoms with Gasteiger partial charge in [0.15, 0.2) is 0 Å². The van der Waals surface area contributed by atoms with Gasteiger partial charge in [-0.1, -0.05) is 0 Å². The molecule has 0 bridgehead atoms. The maximum atomic E-state index is 11.8. The van der Waals surface area contributed by atoms with E-state index in [0.29, 0.717) is 19.0 Å². The largest absolute Gasteiger partial charge is 0.355 e. The second-order valence-electron chi connectivity index (χ2n) is 4.91. The second kappa shape index (κ2) is 6.59. The first kappa shape index (κ1) is 14.0. The molecule has 5 heteroatoms. The summed E-state index contributed by atoms with van der Waals surface area (Å²) in [4.78, 5) is 24.6. The van der Waals surface area contributed by atoms with Gasteiger partial charge in [0.05, 0.1) is 5.92 Å². The van der Waals surface area contributed by atoms with Crippen LogP contribution in [0.5, 0.6) is 0 Å². The minimum Gasteiger partial charge on any atom is -0.355 e. The maximum Gasteiger partial charge on any atom is 0.224 e. The molecule has 1 saturated heterocycles. The van der Waals surface area contributed by atoms with E-state index < -0.39 is 0 Å². The van der Waals surface area contributed by atoms with E-state index in [0.717, 1.165) is 19.4 Å². The van der Waals surface area contributed by atoms with E-state index >= 15 is 0 Å². The normalized spacial score (nSPS) is 24.2. The van der Waals surface area contributed by atoms with Crippen LogP contribution in [-0.2, 0) is 9.59 Å². The highest BCUT2D eigenvalue weighted by molar-refractivity contribution is 5.80. The summed E-state index contributed by atoms with van der Waals surface area (Å²) >= 11 is 0. The van der Waals surface area contributed by atoms with Gasteiger partial charge in [0.2, 0.25) is 11.8 Å². The molecule has 0 aromatic heterocycles. The molecule has 0 aromatic carbocycles. The van der Waals surface area contributed by atoms with Gasteiger partial charge in [0.1, 0.15) is 0 Å². The molecule has 1 fully saturated rings. The molecule has 0 saturated carbocycles. The molecular formula is C12H23N3O2. The van der Waals surface area contributed by atoms with E-state index in [2.05, 4.69) is 17.6 Å². The van der Waals surface area contributed by atoms with Crippen molar-refractivity contribution in [2.45, 2.75) is 32.2 Å². The molecule has 0 aromatic rings. The Kier molecular flexibility index (Phi) is 5.41. The van der Waals surface area contributed by atoms with Gasteiger partial charge in [-0.15, -0.1) is 0 Å². The zero-order valence-electron chi connectivity index (χ0n) is 11.0. The average Bonchev–Trinajstić information content (AvgIpc) is 2.29. The number of hydrogen-bond acceptors (Lipinski definition) is 3. The number of piperidine rings is 1. The van der Waals surface area contributed by atoms with Crippen molar-refractivity contribution in [3.05, 3.63) is 0 Å². The Hall–Kier alpha value is -1.10. The first-order chi connectivity index (χ1) is 8.00. The van der Waals surface area contributed by atoms with E-state index in [9.17, 15) is 9.59 Å². The third kappa shape index (κ3) is 4.73. The molecule has 0 radical (unpaired) electrons. The van der Waals surface area contributed by atoms with E-state index in [4.69, 9.17) is 0 Å². The topological polar surface area (TPSA) is 61.4 Å².